The number of amides is 1. The lowest BCUT2D eigenvalue weighted by Crippen LogP contribution is -2.49. The minimum absolute atomic E-state index is 0.113. The molecule has 1 atom stereocenters. The minimum atomic E-state index is 0.113. The molecule has 0 radical (unpaired) electrons. The zero-order chi connectivity index (χ0) is 10.5. The van der Waals surface area contributed by atoms with E-state index in [4.69, 9.17) is 0 Å². The summed E-state index contributed by atoms with van der Waals surface area (Å²) in [6, 6.07) is 0.113. The summed E-state index contributed by atoms with van der Waals surface area (Å²) in [7, 11) is 0. The first kappa shape index (κ1) is 11.3. The Morgan fingerprint density at radius 2 is 2.13 bits per heavy atom. The van der Waals surface area contributed by atoms with Crippen LogP contribution in [0.4, 0.5) is 0 Å². The monoisotopic (exact) mass is 228 g/mol. The largest absolute Gasteiger partial charge is 0.340 e. The second kappa shape index (κ2) is 5.75. The van der Waals surface area contributed by atoms with E-state index in [1.54, 1.807) is 0 Å². The van der Waals surface area contributed by atoms with Crippen LogP contribution in [0, 0.1) is 0 Å². The lowest BCUT2D eigenvalue weighted by Gasteiger charge is -2.29. The summed E-state index contributed by atoms with van der Waals surface area (Å²) in [6.07, 6.45) is 4.61. The summed E-state index contributed by atoms with van der Waals surface area (Å²) in [5.74, 6) is 2.66. The first-order valence-corrected chi connectivity index (χ1v) is 7.13. The SMILES string of the molecule is O=C(C1CCCCN1)N1CCCSCC1. The highest BCUT2D eigenvalue weighted by Gasteiger charge is 2.25. The van der Waals surface area contributed by atoms with Gasteiger partial charge >= 0.3 is 0 Å². The van der Waals surface area contributed by atoms with Gasteiger partial charge in [-0.05, 0) is 31.6 Å². The molecule has 2 heterocycles. The van der Waals surface area contributed by atoms with Gasteiger partial charge in [0.25, 0.3) is 0 Å². The average molecular weight is 228 g/mol. The van der Waals surface area contributed by atoms with E-state index in [1.165, 1.54) is 18.6 Å². The van der Waals surface area contributed by atoms with Crippen molar-refractivity contribution in [2.24, 2.45) is 0 Å². The highest BCUT2D eigenvalue weighted by molar-refractivity contribution is 7.99. The average Bonchev–Trinajstić information content (AvgIpc) is 2.58. The molecule has 0 bridgehead atoms. The van der Waals surface area contributed by atoms with E-state index in [0.717, 1.165) is 38.2 Å². The fourth-order valence-corrected chi connectivity index (χ4v) is 3.14. The standard InChI is InChI=1S/C11H20N2OS/c14-11(10-4-1-2-5-12-10)13-6-3-8-15-9-7-13/h10,12H,1-9H2. The molecule has 0 spiro atoms. The number of carbonyl (C=O) groups excluding carboxylic acids is 1. The second-order valence-electron chi connectivity index (χ2n) is 4.29. The third-order valence-corrected chi connectivity index (χ3v) is 4.19. The number of carbonyl (C=O) groups is 1. The van der Waals surface area contributed by atoms with E-state index in [0.29, 0.717) is 5.91 Å². The number of nitrogens with one attached hydrogen (secondary N) is 1. The van der Waals surface area contributed by atoms with Crippen LogP contribution in [0.2, 0.25) is 0 Å². The maximum absolute atomic E-state index is 12.2. The lowest BCUT2D eigenvalue weighted by molar-refractivity contribution is -0.133. The van der Waals surface area contributed by atoms with Gasteiger partial charge in [-0.2, -0.15) is 11.8 Å². The molecule has 0 aromatic carbocycles. The molecule has 1 N–H and O–H groups in total. The van der Waals surface area contributed by atoms with Gasteiger partial charge in [0, 0.05) is 18.8 Å². The van der Waals surface area contributed by atoms with E-state index in [-0.39, 0.29) is 6.04 Å². The summed E-state index contributed by atoms with van der Waals surface area (Å²) in [4.78, 5) is 14.2. The smallest absolute Gasteiger partial charge is 0.239 e. The highest BCUT2D eigenvalue weighted by atomic mass is 32.2. The summed E-state index contributed by atoms with van der Waals surface area (Å²) >= 11 is 1.97. The Morgan fingerprint density at radius 1 is 1.20 bits per heavy atom. The Hall–Kier alpha value is -0.220. The molecule has 2 aliphatic heterocycles. The molecule has 2 aliphatic rings. The number of rotatable bonds is 1. The van der Waals surface area contributed by atoms with Crippen molar-refractivity contribution in [1.82, 2.24) is 10.2 Å². The fourth-order valence-electron chi connectivity index (χ4n) is 2.25. The summed E-state index contributed by atoms with van der Waals surface area (Å²) < 4.78 is 0. The van der Waals surface area contributed by atoms with Crippen molar-refractivity contribution in [3.05, 3.63) is 0 Å². The number of nitrogens with zero attached hydrogens (tertiary/aromatic N) is 1. The first-order chi connectivity index (χ1) is 7.38. The number of hydrogen-bond acceptors (Lipinski definition) is 3. The van der Waals surface area contributed by atoms with Gasteiger partial charge in [0.05, 0.1) is 6.04 Å². The van der Waals surface area contributed by atoms with Crippen LogP contribution in [0.15, 0.2) is 0 Å². The summed E-state index contributed by atoms with van der Waals surface area (Å²) in [6.45, 7) is 2.92. The lowest BCUT2D eigenvalue weighted by atomic mass is 10.0. The Kier molecular flexibility index (Phi) is 4.32. The van der Waals surface area contributed by atoms with Gasteiger partial charge in [-0.3, -0.25) is 4.79 Å². The van der Waals surface area contributed by atoms with Gasteiger partial charge in [-0.1, -0.05) is 6.42 Å². The van der Waals surface area contributed by atoms with Gasteiger partial charge in [0.15, 0.2) is 0 Å². The molecule has 3 nitrogen and oxygen atoms in total. The van der Waals surface area contributed by atoms with Crippen LogP contribution < -0.4 is 5.32 Å². The Morgan fingerprint density at radius 3 is 2.93 bits per heavy atom. The molecule has 0 saturated carbocycles. The summed E-state index contributed by atoms with van der Waals surface area (Å²) in [5.41, 5.74) is 0. The van der Waals surface area contributed by atoms with Gasteiger partial charge < -0.3 is 10.2 Å². The molecule has 86 valence electrons. The molecule has 0 aromatic rings. The molecule has 1 unspecified atom stereocenters. The van der Waals surface area contributed by atoms with Crippen LogP contribution in [-0.2, 0) is 4.79 Å². The maximum atomic E-state index is 12.2. The van der Waals surface area contributed by atoms with Gasteiger partial charge in [0.1, 0.15) is 0 Å². The Balaban J connectivity index is 1.87. The predicted octanol–water partition coefficient (Wildman–Crippen LogP) is 1.09. The van der Waals surface area contributed by atoms with E-state index in [2.05, 4.69) is 10.2 Å². The van der Waals surface area contributed by atoms with Crippen molar-refractivity contribution in [3.8, 4) is 0 Å². The molecular weight excluding hydrogens is 208 g/mol. The van der Waals surface area contributed by atoms with Crippen molar-refractivity contribution in [1.29, 1.82) is 0 Å². The van der Waals surface area contributed by atoms with Crippen molar-refractivity contribution in [2.45, 2.75) is 31.7 Å². The molecule has 1 amide bonds. The van der Waals surface area contributed by atoms with Crippen LogP contribution in [-0.4, -0.2) is 48.0 Å². The molecule has 0 aliphatic carbocycles. The van der Waals surface area contributed by atoms with E-state index < -0.39 is 0 Å². The summed E-state index contributed by atoms with van der Waals surface area (Å²) in [5, 5.41) is 3.34. The topological polar surface area (TPSA) is 32.3 Å². The third kappa shape index (κ3) is 3.11. The molecule has 2 rings (SSSR count). The highest BCUT2D eigenvalue weighted by Crippen LogP contribution is 2.14. The molecule has 2 fully saturated rings. The zero-order valence-corrected chi connectivity index (χ0v) is 10.0. The van der Waals surface area contributed by atoms with Crippen molar-refractivity contribution >= 4 is 17.7 Å². The van der Waals surface area contributed by atoms with Crippen molar-refractivity contribution in [2.75, 3.05) is 31.1 Å². The van der Waals surface area contributed by atoms with Crippen molar-refractivity contribution in [3.63, 3.8) is 0 Å². The predicted molar refractivity (Wildman–Crippen MR) is 64.2 cm³/mol. The number of thioether (sulfide) groups is 1. The number of hydrogen-bond donors (Lipinski definition) is 1. The Bertz CT molecular complexity index is 209. The fraction of sp³-hybridized carbons (Fsp3) is 0.909. The van der Waals surface area contributed by atoms with Crippen LogP contribution in [0.1, 0.15) is 25.7 Å². The van der Waals surface area contributed by atoms with E-state index in [9.17, 15) is 4.79 Å². The Labute approximate surface area is 96.0 Å². The minimum Gasteiger partial charge on any atom is -0.340 e. The molecule has 4 heteroatoms. The van der Waals surface area contributed by atoms with Crippen LogP contribution >= 0.6 is 11.8 Å². The quantitative estimate of drug-likeness (QED) is 0.729. The van der Waals surface area contributed by atoms with E-state index >= 15 is 0 Å². The first-order valence-electron chi connectivity index (χ1n) is 5.98. The maximum Gasteiger partial charge on any atom is 0.239 e. The van der Waals surface area contributed by atoms with Gasteiger partial charge in [-0.15, -0.1) is 0 Å². The molecule has 15 heavy (non-hydrogen) atoms. The molecular formula is C11H20N2OS. The van der Waals surface area contributed by atoms with Gasteiger partial charge in [-0.25, -0.2) is 0 Å². The van der Waals surface area contributed by atoms with E-state index in [1.807, 2.05) is 11.8 Å². The second-order valence-corrected chi connectivity index (χ2v) is 5.52. The third-order valence-electron chi connectivity index (χ3n) is 3.14. The normalized spacial score (nSPS) is 28.5. The van der Waals surface area contributed by atoms with Crippen molar-refractivity contribution < 1.29 is 4.79 Å². The van der Waals surface area contributed by atoms with Crippen LogP contribution in [0.25, 0.3) is 0 Å². The van der Waals surface area contributed by atoms with Crippen LogP contribution in [0.5, 0.6) is 0 Å². The van der Waals surface area contributed by atoms with Crippen LogP contribution in [0.3, 0.4) is 0 Å². The molecule has 0 aromatic heterocycles. The molecule has 2 saturated heterocycles. The number of piperidine rings is 1. The zero-order valence-electron chi connectivity index (χ0n) is 9.21. The van der Waals surface area contributed by atoms with Gasteiger partial charge in [0.2, 0.25) is 5.91 Å².